The first kappa shape index (κ1) is 72.9. The summed E-state index contributed by atoms with van der Waals surface area (Å²) in [4.78, 5) is 13.7. The van der Waals surface area contributed by atoms with Crippen LogP contribution in [-0.4, -0.2) is 40.2 Å². The molecule has 0 saturated heterocycles. The van der Waals surface area contributed by atoms with Crippen LogP contribution in [0.15, 0.2) is 221 Å². The average Bonchev–Trinajstić information content (AvgIpc) is 0.749. The Morgan fingerprint density at radius 1 is 0.386 bits per heavy atom. The Bertz CT molecular complexity index is 5480. The zero-order chi connectivity index (χ0) is 73.1. The van der Waals surface area contributed by atoms with Crippen LogP contribution in [0.2, 0.25) is 5.02 Å². The van der Waals surface area contributed by atoms with Crippen LogP contribution in [0.3, 0.4) is 0 Å². The third kappa shape index (κ3) is 15.8. The van der Waals surface area contributed by atoms with E-state index in [1.54, 1.807) is 104 Å². The summed E-state index contributed by atoms with van der Waals surface area (Å²) in [6.45, 7) is 24.4. The number of aryl methyl sites for hydroxylation is 3. The maximum Gasteiger partial charge on any atom is 0.261 e. The second kappa shape index (κ2) is 28.8. The summed E-state index contributed by atoms with van der Waals surface area (Å²) >= 11 is 6.66. The van der Waals surface area contributed by atoms with Gasteiger partial charge in [0.1, 0.15) is 12.1 Å². The van der Waals surface area contributed by atoms with E-state index in [0.29, 0.717) is 44.4 Å². The standard InChI is InChI=1S/C27H24ClN3O2S.C27H24FN3O2S.C27H25N3O2S/c2*1-17-7-13-21(22-6-5-15-30-26(17)22)24-23(14-8-18(16-29)25(24)28)31-34(32,33)20-11-9-19(10-12-20)27(2,3)4;1-18-7-13-22(23-6-5-15-29-26(18)23)24-16-19(17-28)8-14-25(24)30-33(31,32)21-11-9-20(10-12-21)27(2,3)4/h2*5-15,31H,1-4H3;5-16,30H,1-4H3. The van der Waals surface area contributed by atoms with Crippen molar-refractivity contribution in [3.05, 3.63) is 268 Å². The summed E-state index contributed by atoms with van der Waals surface area (Å²) in [6.07, 6.45) is 5.08. The molecular weight excluding hydrogens is 1350 g/mol. The number of hydrogen-bond donors (Lipinski definition) is 3. The molecule has 0 radical (unpaired) electrons. The highest BCUT2D eigenvalue weighted by molar-refractivity contribution is 7.93. The van der Waals surface area contributed by atoms with Crippen molar-refractivity contribution in [2.45, 2.75) is 114 Å². The Morgan fingerprint density at radius 2 is 0.723 bits per heavy atom. The molecule has 0 amide bonds. The molecular formula is C81H73ClFN9O6S3. The predicted molar refractivity (Wildman–Crippen MR) is 403 cm³/mol. The van der Waals surface area contributed by atoms with Crippen molar-refractivity contribution < 1.29 is 29.6 Å². The third-order valence-electron chi connectivity index (χ3n) is 17.2. The van der Waals surface area contributed by atoms with Crippen LogP contribution in [-0.2, 0) is 46.3 Å². The lowest BCUT2D eigenvalue weighted by atomic mass is 9.87. The number of pyridine rings is 3. The molecule has 0 fully saturated rings. The SMILES string of the molecule is Cc1ccc(-c2c(NS(=O)(=O)c3ccc(C(C)(C)C)cc3)ccc(C#N)c2Cl)c2cccnc12.Cc1ccc(-c2c(NS(=O)(=O)c3ccc(C(C)(C)C)cc3)ccc(C#N)c2F)c2cccnc12.Cc1ccc(-c2cc(C#N)ccc2NS(=O)(=O)c2ccc(C(C)(C)C)cc2)c2cccnc12. The van der Waals surface area contributed by atoms with E-state index in [9.17, 15) is 41.0 Å². The minimum absolute atomic E-state index is 0.00642. The first-order chi connectivity index (χ1) is 47.6. The first-order valence-corrected chi connectivity index (χ1v) is 36.9. The number of nitrogens with zero attached hydrogens (tertiary/aromatic N) is 6. The Kier molecular flexibility index (Phi) is 20.8. The van der Waals surface area contributed by atoms with Gasteiger partial charge in [-0.15, -0.1) is 0 Å². The summed E-state index contributed by atoms with van der Waals surface area (Å²) in [5.41, 5.74) is 12.3. The van der Waals surface area contributed by atoms with Crippen LogP contribution in [0.25, 0.3) is 66.1 Å². The average molecular weight is 1420 g/mol. The highest BCUT2D eigenvalue weighted by Crippen LogP contribution is 2.44. The summed E-state index contributed by atoms with van der Waals surface area (Å²) in [6, 6.07) is 59.4. The Morgan fingerprint density at radius 3 is 1.10 bits per heavy atom. The fourth-order valence-corrected chi connectivity index (χ4v) is 15.1. The van der Waals surface area contributed by atoms with Gasteiger partial charge in [0.2, 0.25) is 0 Å². The van der Waals surface area contributed by atoms with Gasteiger partial charge in [-0.25, -0.2) is 29.6 Å². The molecule has 0 bridgehead atoms. The monoisotopic (exact) mass is 1420 g/mol. The lowest BCUT2D eigenvalue weighted by molar-refractivity contribution is 0.587. The van der Waals surface area contributed by atoms with Gasteiger partial charge in [-0.1, -0.05) is 165 Å². The first-order valence-electron chi connectivity index (χ1n) is 32.1. The van der Waals surface area contributed by atoms with Crippen molar-refractivity contribution in [3.63, 3.8) is 0 Å². The van der Waals surface area contributed by atoms with Crippen molar-refractivity contribution in [2.75, 3.05) is 14.2 Å². The van der Waals surface area contributed by atoms with Gasteiger partial charge in [0.05, 0.1) is 76.1 Å². The molecule has 510 valence electrons. The molecule has 0 spiro atoms. The topological polar surface area (TPSA) is 249 Å². The van der Waals surface area contributed by atoms with E-state index in [1.807, 2.05) is 120 Å². The summed E-state index contributed by atoms with van der Waals surface area (Å²) in [5.74, 6) is -0.792. The predicted octanol–water partition coefficient (Wildman–Crippen LogP) is 19.3. The highest BCUT2D eigenvalue weighted by atomic mass is 35.5. The number of nitriles is 3. The number of halogens is 2. The molecule has 9 aromatic carbocycles. The largest absolute Gasteiger partial charge is 0.279 e. The minimum atomic E-state index is -4.02. The molecule has 0 aliphatic rings. The number of nitrogens with one attached hydrogen (secondary N) is 3. The molecule has 0 atom stereocenters. The van der Waals surface area contributed by atoms with Crippen molar-refractivity contribution >= 4 is 91.4 Å². The molecule has 0 aliphatic heterocycles. The van der Waals surface area contributed by atoms with Gasteiger partial charge in [0.15, 0.2) is 5.82 Å². The Balaban J connectivity index is 0.000000163. The molecule has 3 aromatic heterocycles. The van der Waals surface area contributed by atoms with Gasteiger partial charge in [-0.3, -0.25) is 29.1 Å². The molecule has 3 N–H and O–H groups in total. The van der Waals surface area contributed by atoms with Gasteiger partial charge in [0.25, 0.3) is 30.1 Å². The van der Waals surface area contributed by atoms with Gasteiger partial charge >= 0.3 is 0 Å². The van der Waals surface area contributed by atoms with Crippen molar-refractivity contribution in [1.29, 1.82) is 15.8 Å². The van der Waals surface area contributed by atoms with Crippen LogP contribution in [0.5, 0.6) is 0 Å². The second-order valence-corrected chi connectivity index (χ2v) is 32.8. The van der Waals surface area contributed by atoms with Crippen LogP contribution < -0.4 is 14.2 Å². The maximum absolute atomic E-state index is 15.5. The number of sulfonamides is 3. The highest BCUT2D eigenvalue weighted by Gasteiger charge is 2.27. The fraction of sp³-hybridized carbons (Fsp3) is 0.185. The molecule has 0 aliphatic carbocycles. The van der Waals surface area contributed by atoms with Crippen LogP contribution >= 0.6 is 11.6 Å². The van der Waals surface area contributed by atoms with E-state index in [2.05, 4.69) is 82.8 Å². The normalized spacial score (nSPS) is 11.9. The lowest BCUT2D eigenvalue weighted by Gasteiger charge is -2.20. The summed E-state index contributed by atoms with van der Waals surface area (Å²) < 4.78 is 103. The molecule has 20 heteroatoms. The van der Waals surface area contributed by atoms with E-state index in [-0.39, 0.29) is 64.0 Å². The smallest absolute Gasteiger partial charge is 0.261 e. The van der Waals surface area contributed by atoms with Crippen molar-refractivity contribution in [2.24, 2.45) is 0 Å². The Hall–Kier alpha value is -10.9. The van der Waals surface area contributed by atoms with Gasteiger partial charge in [0, 0.05) is 51.4 Å². The molecule has 12 aromatic rings. The maximum atomic E-state index is 15.5. The van der Waals surface area contributed by atoms with Crippen LogP contribution in [0.4, 0.5) is 21.5 Å². The summed E-state index contributed by atoms with van der Waals surface area (Å²) in [5, 5.41) is 31.0. The van der Waals surface area contributed by atoms with Crippen molar-refractivity contribution in [1.82, 2.24) is 15.0 Å². The number of fused-ring (bicyclic) bond motifs is 3. The van der Waals surface area contributed by atoms with Gasteiger partial charge < -0.3 is 0 Å². The minimum Gasteiger partial charge on any atom is -0.279 e. The fourth-order valence-electron chi connectivity index (χ4n) is 11.6. The molecule has 101 heavy (non-hydrogen) atoms. The zero-order valence-electron chi connectivity index (χ0n) is 57.7. The molecule has 15 nitrogen and oxygen atoms in total. The number of anilines is 3. The quantitative estimate of drug-likeness (QED) is 0.103. The van der Waals surface area contributed by atoms with E-state index in [4.69, 9.17) is 11.6 Å². The van der Waals surface area contributed by atoms with E-state index < -0.39 is 35.9 Å². The zero-order valence-corrected chi connectivity index (χ0v) is 60.9. The summed E-state index contributed by atoms with van der Waals surface area (Å²) in [7, 11) is -11.8. The second-order valence-electron chi connectivity index (χ2n) is 27.4. The molecule has 3 heterocycles. The van der Waals surface area contributed by atoms with E-state index in [0.717, 1.165) is 60.8 Å². The third-order valence-corrected chi connectivity index (χ3v) is 21.8. The van der Waals surface area contributed by atoms with Gasteiger partial charge in [-0.2, -0.15) is 15.8 Å². The lowest BCUT2D eigenvalue weighted by Crippen LogP contribution is -2.16. The van der Waals surface area contributed by atoms with E-state index >= 15 is 4.39 Å². The molecule has 0 unspecified atom stereocenters. The number of hydrogen-bond acceptors (Lipinski definition) is 12. The van der Waals surface area contributed by atoms with Gasteiger partial charge in [-0.05, 0) is 184 Å². The van der Waals surface area contributed by atoms with E-state index in [1.165, 1.54) is 30.3 Å². The number of aromatic nitrogens is 3. The van der Waals surface area contributed by atoms with Crippen LogP contribution in [0, 0.1) is 60.6 Å². The number of benzene rings is 9. The van der Waals surface area contributed by atoms with Crippen molar-refractivity contribution in [3.8, 4) is 51.6 Å². The Labute approximate surface area is 595 Å². The number of rotatable bonds is 12. The van der Waals surface area contributed by atoms with Crippen LogP contribution in [0.1, 0.15) is 112 Å². The molecule has 0 saturated carbocycles. The molecule has 12 rings (SSSR count).